The van der Waals surface area contributed by atoms with Gasteiger partial charge in [0.15, 0.2) is 0 Å². The van der Waals surface area contributed by atoms with Crippen molar-refractivity contribution in [3.63, 3.8) is 0 Å². The fourth-order valence-corrected chi connectivity index (χ4v) is 4.68. The third-order valence-electron chi connectivity index (χ3n) is 5.36. The van der Waals surface area contributed by atoms with Crippen molar-refractivity contribution >= 4 is 21.6 Å². The molecule has 4 rings (SSSR count). The van der Waals surface area contributed by atoms with Gasteiger partial charge in [-0.1, -0.05) is 57.2 Å². The summed E-state index contributed by atoms with van der Waals surface area (Å²) >= 11 is 1.51. The molecule has 0 aliphatic carbocycles. The zero-order valence-electron chi connectivity index (χ0n) is 17.5. The van der Waals surface area contributed by atoms with Crippen molar-refractivity contribution in [1.29, 1.82) is 0 Å². The van der Waals surface area contributed by atoms with Crippen molar-refractivity contribution < 1.29 is 4.39 Å². The monoisotopic (exact) mass is 420 g/mol. The summed E-state index contributed by atoms with van der Waals surface area (Å²) in [5, 5.41) is 2.67. The van der Waals surface area contributed by atoms with Crippen LogP contribution in [0.2, 0.25) is 0 Å². The molecule has 2 heterocycles. The van der Waals surface area contributed by atoms with Gasteiger partial charge in [0, 0.05) is 17.4 Å². The van der Waals surface area contributed by atoms with E-state index in [1.54, 1.807) is 10.6 Å². The zero-order valence-corrected chi connectivity index (χ0v) is 18.3. The molecule has 2 aromatic carbocycles. The molecule has 30 heavy (non-hydrogen) atoms. The highest BCUT2D eigenvalue weighted by molar-refractivity contribution is 7.17. The quantitative estimate of drug-likeness (QED) is 0.362. The predicted octanol–water partition coefficient (Wildman–Crippen LogP) is 6.39. The van der Waals surface area contributed by atoms with E-state index < -0.39 is 0 Å². The Morgan fingerprint density at radius 2 is 1.90 bits per heavy atom. The Morgan fingerprint density at radius 3 is 2.57 bits per heavy atom. The van der Waals surface area contributed by atoms with Gasteiger partial charge in [0.05, 0.1) is 11.9 Å². The fourth-order valence-electron chi connectivity index (χ4n) is 3.72. The van der Waals surface area contributed by atoms with Crippen LogP contribution in [0.15, 0.2) is 58.7 Å². The second kappa shape index (κ2) is 8.52. The van der Waals surface area contributed by atoms with Gasteiger partial charge in [0.1, 0.15) is 16.5 Å². The van der Waals surface area contributed by atoms with E-state index in [0.717, 1.165) is 33.8 Å². The molecule has 5 heteroatoms. The molecule has 3 nitrogen and oxygen atoms in total. The number of fused-ring (bicyclic) bond motifs is 1. The maximum absolute atomic E-state index is 13.7. The summed E-state index contributed by atoms with van der Waals surface area (Å²) in [6.07, 6.45) is 1.59. The van der Waals surface area contributed by atoms with Crippen molar-refractivity contribution in [2.24, 2.45) is 0 Å². The number of rotatable bonds is 6. The van der Waals surface area contributed by atoms with E-state index in [2.05, 4.69) is 45.0 Å². The largest absolute Gasteiger partial charge is 0.292 e. The molecule has 0 fully saturated rings. The lowest BCUT2D eigenvalue weighted by Crippen LogP contribution is -2.25. The van der Waals surface area contributed by atoms with E-state index in [-0.39, 0.29) is 11.4 Å². The minimum absolute atomic E-state index is 0.0584. The minimum Gasteiger partial charge on any atom is -0.292 e. The molecule has 0 saturated carbocycles. The number of thiophene rings is 1. The van der Waals surface area contributed by atoms with Crippen LogP contribution in [0, 0.1) is 5.82 Å². The van der Waals surface area contributed by atoms with Gasteiger partial charge in [-0.2, -0.15) is 0 Å². The Hall–Kier alpha value is -2.79. The van der Waals surface area contributed by atoms with Gasteiger partial charge in [-0.05, 0) is 41.2 Å². The van der Waals surface area contributed by atoms with Gasteiger partial charge in [-0.3, -0.25) is 9.36 Å². The third-order valence-corrected chi connectivity index (χ3v) is 6.24. The highest BCUT2D eigenvalue weighted by atomic mass is 32.1. The number of hydrogen-bond acceptors (Lipinski definition) is 3. The second-order valence-corrected chi connectivity index (χ2v) is 8.76. The molecule has 0 saturated heterocycles. The summed E-state index contributed by atoms with van der Waals surface area (Å²) in [5.74, 6) is 0.913. The van der Waals surface area contributed by atoms with Crippen LogP contribution < -0.4 is 5.56 Å². The van der Waals surface area contributed by atoms with E-state index in [9.17, 15) is 9.18 Å². The molecular weight excluding hydrogens is 395 g/mol. The predicted molar refractivity (Wildman–Crippen MR) is 123 cm³/mol. The van der Waals surface area contributed by atoms with Gasteiger partial charge in [-0.15, -0.1) is 11.3 Å². The summed E-state index contributed by atoms with van der Waals surface area (Å²) in [5.41, 5.74) is 3.90. The second-order valence-electron chi connectivity index (χ2n) is 7.91. The van der Waals surface area contributed by atoms with Crippen LogP contribution in [0.4, 0.5) is 4.39 Å². The first-order valence-corrected chi connectivity index (χ1v) is 11.2. The summed E-state index contributed by atoms with van der Waals surface area (Å²) < 4.78 is 15.4. The lowest BCUT2D eigenvalue weighted by Gasteiger charge is -2.13. The first-order chi connectivity index (χ1) is 14.5. The molecule has 154 valence electrons. The van der Waals surface area contributed by atoms with Crippen molar-refractivity contribution in [1.82, 2.24) is 9.55 Å². The molecule has 0 radical (unpaired) electrons. The Labute approximate surface area is 179 Å². The van der Waals surface area contributed by atoms with Crippen LogP contribution in [-0.4, -0.2) is 9.55 Å². The molecule has 0 amide bonds. The first kappa shape index (κ1) is 20.5. The van der Waals surface area contributed by atoms with Crippen molar-refractivity contribution in [2.45, 2.75) is 46.1 Å². The van der Waals surface area contributed by atoms with Crippen molar-refractivity contribution in [3.05, 3.63) is 87.0 Å². The number of aryl methyl sites for hydroxylation is 1. The Balaban J connectivity index is 1.86. The summed E-state index contributed by atoms with van der Waals surface area (Å²) in [6.45, 7) is 6.72. The highest BCUT2D eigenvalue weighted by Gasteiger charge is 2.17. The van der Waals surface area contributed by atoms with Gasteiger partial charge in [0.2, 0.25) is 0 Å². The average molecular weight is 421 g/mol. The number of aromatic nitrogens is 2. The minimum atomic E-state index is -0.298. The molecule has 0 aliphatic heterocycles. The maximum atomic E-state index is 13.7. The summed E-state index contributed by atoms with van der Waals surface area (Å²) in [4.78, 5) is 19.2. The molecule has 0 bridgehead atoms. The van der Waals surface area contributed by atoms with E-state index in [1.807, 2.05) is 11.4 Å². The van der Waals surface area contributed by atoms with Crippen LogP contribution in [0.1, 0.15) is 50.1 Å². The third kappa shape index (κ3) is 3.94. The van der Waals surface area contributed by atoms with Crippen LogP contribution >= 0.6 is 11.3 Å². The van der Waals surface area contributed by atoms with E-state index in [0.29, 0.717) is 24.3 Å². The Kier molecular flexibility index (Phi) is 5.82. The van der Waals surface area contributed by atoms with Crippen molar-refractivity contribution in [3.8, 4) is 11.1 Å². The molecule has 4 aromatic rings. The van der Waals surface area contributed by atoms with E-state index in [4.69, 9.17) is 4.98 Å². The smallest absolute Gasteiger partial charge is 0.263 e. The highest BCUT2D eigenvalue weighted by Crippen LogP contribution is 2.32. The topological polar surface area (TPSA) is 34.9 Å². The van der Waals surface area contributed by atoms with Gasteiger partial charge < -0.3 is 0 Å². The van der Waals surface area contributed by atoms with Crippen molar-refractivity contribution in [2.75, 3.05) is 0 Å². The number of halogens is 1. The molecule has 0 unspecified atom stereocenters. The SMILES string of the molecule is CCCc1nc2scc(-c3ccc(C(C)C)cc3)c2c(=O)n1Cc1cccc(F)c1. The standard InChI is InChI=1S/C25H25FN2OS/c1-4-6-22-27-24-23(25(29)28(22)14-17-7-5-8-20(26)13-17)21(15-30-24)19-11-9-18(10-12-19)16(2)3/h5,7-13,15-16H,4,6,14H2,1-3H3. The van der Waals surface area contributed by atoms with Crippen LogP contribution in [0.3, 0.4) is 0 Å². The molecule has 2 aromatic heterocycles. The van der Waals surface area contributed by atoms with Gasteiger partial charge in [-0.25, -0.2) is 9.37 Å². The van der Waals surface area contributed by atoms with Crippen LogP contribution in [0.5, 0.6) is 0 Å². The number of benzene rings is 2. The Morgan fingerprint density at radius 1 is 1.13 bits per heavy atom. The number of nitrogens with zero attached hydrogens (tertiary/aromatic N) is 2. The van der Waals surface area contributed by atoms with Crippen LogP contribution in [-0.2, 0) is 13.0 Å². The van der Waals surface area contributed by atoms with E-state index >= 15 is 0 Å². The van der Waals surface area contributed by atoms with Gasteiger partial charge in [0.25, 0.3) is 5.56 Å². The first-order valence-electron chi connectivity index (χ1n) is 10.3. The number of hydrogen-bond donors (Lipinski definition) is 0. The molecule has 0 atom stereocenters. The summed E-state index contributed by atoms with van der Waals surface area (Å²) in [6, 6.07) is 14.8. The zero-order chi connectivity index (χ0) is 21.3. The molecule has 0 N–H and O–H groups in total. The molecule has 0 aliphatic rings. The van der Waals surface area contributed by atoms with Crippen LogP contribution in [0.25, 0.3) is 21.3 Å². The lowest BCUT2D eigenvalue weighted by molar-refractivity contribution is 0.618. The molecule has 0 spiro atoms. The normalized spacial score (nSPS) is 11.5. The fraction of sp³-hybridized carbons (Fsp3) is 0.280. The van der Waals surface area contributed by atoms with E-state index in [1.165, 1.54) is 29.0 Å². The van der Waals surface area contributed by atoms with Gasteiger partial charge >= 0.3 is 0 Å². The lowest BCUT2D eigenvalue weighted by atomic mass is 9.99. The summed E-state index contributed by atoms with van der Waals surface area (Å²) in [7, 11) is 0. The maximum Gasteiger partial charge on any atom is 0.263 e. The average Bonchev–Trinajstić information content (AvgIpc) is 3.15. The molecular formula is C25H25FN2OS. The Bertz CT molecular complexity index is 1240.